The molecule has 3 heterocycles. The van der Waals surface area contributed by atoms with Crippen LogP contribution in [-0.2, 0) is 11.0 Å². The monoisotopic (exact) mass is 412 g/mol. The number of alkyl halides is 3. The zero-order valence-corrected chi connectivity index (χ0v) is 17.2. The normalized spacial score (nSPS) is 24.9. The molecule has 1 amide bonds. The van der Waals surface area contributed by atoms with Gasteiger partial charge in [-0.2, -0.15) is 13.2 Å². The molecule has 0 saturated carbocycles. The molecular weight excluding hydrogens is 381 g/mol. The summed E-state index contributed by atoms with van der Waals surface area (Å²) in [4.78, 5) is 20.7. The van der Waals surface area contributed by atoms with Gasteiger partial charge in [0.2, 0.25) is 5.91 Å². The summed E-state index contributed by atoms with van der Waals surface area (Å²) < 4.78 is 40.0. The van der Waals surface area contributed by atoms with Crippen molar-refractivity contribution < 1.29 is 18.0 Å². The van der Waals surface area contributed by atoms with Crippen molar-refractivity contribution in [3.8, 4) is 0 Å². The van der Waals surface area contributed by atoms with Gasteiger partial charge in [0.25, 0.3) is 0 Å². The molecule has 2 fully saturated rings. The fourth-order valence-corrected chi connectivity index (χ4v) is 4.50. The Morgan fingerprint density at radius 1 is 1.28 bits per heavy atom. The average molecular weight is 413 g/mol. The predicted octanol–water partition coefficient (Wildman–Crippen LogP) is 3.55. The quantitative estimate of drug-likeness (QED) is 0.804. The zero-order chi connectivity index (χ0) is 21.0. The van der Waals surface area contributed by atoms with Gasteiger partial charge in [-0.1, -0.05) is 6.92 Å². The lowest BCUT2D eigenvalue weighted by molar-refractivity contribution is -0.137. The molecule has 8 heteroatoms. The van der Waals surface area contributed by atoms with Crippen LogP contribution in [0.3, 0.4) is 0 Å². The van der Waals surface area contributed by atoms with Crippen LogP contribution in [-0.4, -0.2) is 54.6 Å². The Morgan fingerprint density at radius 2 is 2.03 bits per heavy atom. The van der Waals surface area contributed by atoms with Crippen molar-refractivity contribution in [1.29, 1.82) is 0 Å². The molecule has 1 aromatic rings. The molecule has 3 atom stereocenters. The van der Waals surface area contributed by atoms with E-state index in [1.54, 1.807) is 4.90 Å². The number of carbonyl (C=O) groups excluding carboxylic acids is 1. The summed E-state index contributed by atoms with van der Waals surface area (Å²) in [7, 11) is 0. The number of pyridine rings is 1. The van der Waals surface area contributed by atoms with Gasteiger partial charge in [-0.05, 0) is 57.2 Å². The summed E-state index contributed by atoms with van der Waals surface area (Å²) >= 11 is 0. The Hall–Kier alpha value is -1.83. The van der Waals surface area contributed by atoms with E-state index in [9.17, 15) is 18.0 Å². The summed E-state index contributed by atoms with van der Waals surface area (Å²) in [6, 6.07) is 2.36. The second-order valence-electron chi connectivity index (χ2n) is 8.57. The second kappa shape index (κ2) is 9.32. The molecule has 29 heavy (non-hydrogen) atoms. The maximum absolute atomic E-state index is 13.3. The minimum atomic E-state index is -4.46. The van der Waals surface area contributed by atoms with E-state index in [1.807, 2.05) is 6.92 Å². The molecule has 0 aromatic carbocycles. The standard InChI is InChI=1S/C21H31F3N4O/c1-15-6-4-10-27(12-15)13-16(2)26-20(29)17-7-5-11-28(14-17)19-18(21(22,23)24)8-3-9-25-19/h3,8-9,15-17H,4-7,10-14H2,1-2H3,(H,26,29). The van der Waals surface area contributed by atoms with Gasteiger partial charge >= 0.3 is 6.18 Å². The van der Waals surface area contributed by atoms with Gasteiger partial charge in [0.15, 0.2) is 0 Å². The Labute approximate surface area is 170 Å². The lowest BCUT2D eigenvalue weighted by atomic mass is 9.96. The number of hydrogen-bond donors (Lipinski definition) is 1. The molecule has 2 aliphatic heterocycles. The molecule has 2 saturated heterocycles. The Kier molecular flexibility index (Phi) is 7.03. The highest BCUT2D eigenvalue weighted by molar-refractivity contribution is 5.80. The average Bonchev–Trinajstić information content (AvgIpc) is 2.67. The predicted molar refractivity (Wildman–Crippen MR) is 107 cm³/mol. The number of likely N-dealkylation sites (tertiary alicyclic amines) is 1. The van der Waals surface area contributed by atoms with E-state index in [0.717, 1.165) is 25.7 Å². The van der Waals surface area contributed by atoms with Gasteiger partial charge in [-0.15, -0.1) is 0 Å². The minimum Gasteiger partial charge on any atom is -0.355 e. The molecule has 1 aromatic heterocycles. The van der Waals surface area contributed by atoms with Gasteiger partial charge in [0.05, 0.1) is 11.5 Å². The Morgan fingerprint density at radius 3 is 2.76 bits per heavy atom. The van der Waals surface area contributed by atoms with Gasteiger partial charge in [-0.3, -0.25) is 4.79 Å². The topological polar surface area (TPSA) is 48.5 Å². The minimum absolute atomic E-state index is 0.0174. The molecule has 0 spiro atoms. The van der Waals surface area contributed by atoms with Crippen molar-refractivity contribution in [3.63, 3.8) is 0 Å². The van der Waals surface area contributed by atoms with Crippen LogP contribution in [0.1, 0.15) is 45.1 Å². The number of halogens is 3. The van der Waals surface area contributed by atoms with E-state index in [-0.39, 0.29) is 30.2 Å². The molecule has 0 bridgehead atoms. The smallest absolute Gasteiger partial charge is 0.355 e. The highest BCUT2D eigenvalue weighted by Gasteiger charge is 2.37. The van der Waals surface area contributed by atoms with Crippen molar-refractivity contribution in [2.24, 2.45) is 11.8 Å². The Bertz CT molecular complexity index is 697. The summed E-state index contributed by atoms with van der Waals surface area (Å²) in [6.07, 6.45) is 0.705. The number of hydrogen-bond acceptors (Lipinski definition) is 4. The fraction of sp³-hybridized carbons (Fsp3) is 0.714. The highest BCUT2D eigenvalue weighted by atomic mass is 19.4. The number of nitrogens with one attached hydrogen (secondary N) is 1. The maximum Gasteiger partial charge on any atom is 0.419 e. The summed E-state index contributed by atoms with van der Waals surface area (Å²) in [5.74, 6) is 0.207. The van der Waals surface area contributed by atoms with Gasteiger partial charge in [0.1, 0.15) is 5.82 Å². The van der Waals surface area contributed by atoms with E-state index in [4.69, 9.17) is 0 Å². The molecule has 5 nitrogen and oxygen atoms in total. The number of carbonyl (C=O) groups is 1. The highest BCUT2D eigenvalue weighted by Crippen LogP contribution is 2.36. The lowest BCUT2D eigenvalue weighted by Gasteiger charge is -2.36. The first-order valence-corrected chi connectivity index (χ1v) is 10.5. The van der Waals surface area contributed by atoms with E-state index in [0.29, 0.717) is 25.3 Å². The zero-order valence-electron chi connectivity index (χ0n) is 17.2. The molecule has 2 aliphatic rings. The van der Waals surface area contributed by atoms with Crippen molar-refractivity contribution in [3.05, 3.63) is 23.9 Å². The van der Waals surface area contributed by atoms with E-state index in [1.165, 1.54) is 25.1 Å². The van der Waals surface area contributed by atoms with Crippen LogP contribution in [0.25, 0.3) is 0 Å². The number of nitrogens with zero attached hydrogens (tertiary/aromatic N) is 3. The van der Waals surface area contributed by atoms with Gasteiger partial charge in [-0.25, -0.2) is 4.98 Å². The van der Waals surface area contributed by atoms with Crippen LogP contribution in [0.4, 0.5) is 19.0 Å². The Balaban J connectivity index is 1.58. The summed E-state index contributed by atoms with van der Waals surface area (Å²) in [5.41, 5.74) is -0.742. The summed E-state index contributed by atoms with van der Waals surface area (Å²) in [6.45, 7) is 7.91. The van der Waals surface area contributed by atoms with Crippen LogP contribution < -0.4 is 10.2 Å². The number of aromatic nitrogens is 1. The van der Waals surface area contributed by atoms with Crippen LogP contribution in [0.2, 0.25) is 0 Å². The molecular formula is C21H31F3N4O. The van der Waals surface area contributed by atoms with Crippen molar-refractivity contribution in [2.75, 3.05) is 37.6 Å². The SMILES string of the molecule is CC1CCCN(CC(C)NC(=O)C2CCCN(c3ncccc3C(F)(F)F)C2)C1. The van der Waals surface area contributed by atoms with E-state index >= 15 is 0 Å². The molecule has 3 unspecified atom stereocenters. The second-order valence-corrected chi connectivity index (χ2v) is 8.57. The van der Waals surface area contributed by atoms with Crippen molar-refractivity contribution in [1.82, 2.24) is 15.2 Å². The van der Waals surface area contributed by atoms with E-state index in [2.05, 4.69) is 22.1 Å². The van der Waals surface area contributed by atoms with Gasteiger partial charge in [0, 0.05) is 38.4 Å². The number of anilines is 1. The first-order valence-electron chi connectivity index (χ1n) is 10.5. The summed E-state index contributed by atoms with van der Waals surface area (Å²) in [5, 5.41) is 3.08. The van der Waals surface area contributed by atoms with Crippen molar-refractivity contribution in [2.45, 2.75) is 51.7 Å². The first kappa shape index (κ1) is 21.9. The lowest BCUT2D eigenvalue weighted by Crippen LogP contribution is -2.49. The number of piperidine rings is 2. The first-order chi connectivity index (χ1) is 13.7. The molecule has 3 rings (SSSR count). The van der Waals surface area contributed by atoms with Gasteiger partial charge < -0.3 is 15.1 Å². The molecule has 1 N–H and O–H groups in total. The van der Waals surface area contributed by atoms with Crippen LogP contribution in [0.15, 0.2) is 18.3 Å². The van der Waals surface area contributed by atoms with Crippen LogP contribution >= 0.6 is 0 Å². The third-order valence-corrected chi connectivity index (χ3v) is 5.85. The molecule has 0 aliphatic carbocycles. The van der Waals surface area contributed by atoms with Crippen LogP contribution in [0.5, 0.6) is 0 Å². The van der Waals surface area contributed by atoms with Crippen LogP contribution in [0, 0.1) is 11.8 Å². The number of amides is 1. The third-order valence-electron chi connectivity index (χ3n) is 5.85. The maximum atomic E-state index is 13.3. The fourth-order valence-electron chi connectivity index (χ4n) is 4.50. The number of rotatable bonds is 5. The largest absolute Gasteiger partial charge is 0.419 e. The molecule has 162 valence electrons. The van der Waals surface area contributed by atoms with Crippen molar-refractivity contribution >= 4 is 11.7 Å². The molecule has 0 radical (unpaired) electrons. The van der Waals surface area contributed by atoms with E-state index < -0.39 is 11.7 Å². The third kappa shape index (κ3) is 5.84.